The van der Waals surface area contributed by atoms with E-state index < -0.39 is 6.10 Å². The Hall–Kier alpha value is -1.62. The fourth-order valence-corrected chi connectivity index (χ4v) is 4.37. The van der Waals surface area contributed by atoms with Gasteiger partial charge in [-0.25, -0.2) is 9.97 Å². The molecule has 3 aromatic rings. The number of aromatic nitrogens is 3. The van der Waals surface area contributed by atoms with Crippen LogP contribution in [0, 0.1) is 5.92 Å². The number of aryl methyl sites for hydroxylation is 1. The van der Waals surface area contributed by atoms with E-state index in [1.54, 1.807) is 6.33 Å². The van der Waals surface area contributed by atoms with Crippen LogP contribution >= 0.6 is 23.2 Å². The molecule has 1 fully saturated rings. The molecule has 2 heterocycles. The van der Waals surface area contributed by atoms with E-state index >= 15 is 0 Å². The van der Waals surface area contributed by atoms with E-state index in [0.29, 0.717) is 16.9 Å². The largest absolute Gasteiger partial charge is 0.388 e. The Kier molecular flexibility index (Phi) is 5.16. The molecular formula is C20H21Cl2N3O. The first-order valence-corrected chi connectivity index (χ1v) is 9.88. The zero-order valence-electron chi connectivity index (χ0n) is 14.4. The van der Waals surface area contributed by atoms with Crippen LogP contribution in [-0.2, 0) is 6.42 Å². The van der Waals surface area contributed by atoms with Gasteiger partial charge in [-0.3, -0.25) is 0 Å². The minimum absolute atomic E-state index is 0.239. The summed E-state index contributed by atoms with van der Waals surface area (Å²) < 4.78 is 2.24. The number of hydrogen-bond donors (Lipinski definition) is 1. The second kappa shape index (κ2) is 7.55. The molecule has 26 heavy (non-hydrogen) atoms. The molecule has 1 aliphatic rings. The van der Waals surface area contributed by atoms with Crippen molar-refractivity contribution in [2.75, 3.05) is 5.88 Å². The molecule has 3 atom stereocenters. The summed E-state index contributed by atoms with van der Waals surface area (Å²) in [6, 6.07) is 9.93. The van der Waals surface area contributed by atoms with Gasteiger partial charge in [-0.1, -0.05) is 23.7 Å². The van der Waals surface area contributed by atoms with E-state index in [1.165, 1.54) is 0 Å². The molecule has 136 valence electrons. The number of fused-ring (bicyclic) bond motifs is 1. The number of rotatable bonds is 5. The molecule has 0 amide bonds. The summed E-state index contributed by atoms with van der Waals surface area (Å²) in [4.78, 5) is 8.86. The summed E-state index contributed by atoms with van der Waals surface area (Å²) in [5, 5.41) is 12.5. The molecule has 4 nitrogen and oxygen atoms in total. The van der Waals surface area contributed by atoms with Crippen molar-refractivity contribution in [3.63, 3.8) is 0 Å². The van der Waals surface area contributed by atoms with Gasteiger partial charge < -0.3 is 9.67 Å². The van der Waals surface area contributed by atoms with E-state index in [-0.39, 0.29) is 5.92 Å². The first-order chi connectivity index (χ1) is 12.7. The molecule has 0 saturated heterocycles. The Morgan fingerprint density at radius 3 is 2.73 bits per heavy atom. The van der Waals surface area contributed by atoms with Crippen molar-refractivity contribution in [2.24, 2.45) is 5.92 Å². The molecule has 0 bridgehead atoms. The molecule has 2 aromatic heterocycles. The van der Waals surface area contributed by atoms with E-state index in [4.69, 9.17) is 23.2 Å². The van der Waals surface area contributed by atoms with Crippen molar-refractivity contribution in [2.45, 2.75) is 37.8 Å². The first kappa shape index (κ1) is 17.8. The summed E-state index contributed by atoms with van der Waals surface area (Å²) in [5.74, 6) is 0.790. The Balaban J connectivity index is 1.54. The van der Waals surface area contributed by atoms with E-state index in [2.05, 4.69) is 26.8 Å². The van der Waals surface area contributed by atoms with Crippen molar-refractivity contribution < 1.29 is 5.11 Å². The summed E-state index contributed by atoms with van der Waals surface area (Å²) in [7, 11) is 0. The van der Waals surface area contributed by atoms with Crippen molar-refractivity contribution in [3.8, 4) is 0 Å². The molecule has 0 spiro atoms. The molecule has 1 N–H and O–H groups in total. The monoisotopic (exact) mass is 389 g/mol. The zero-order chi connectivity index (χ0) is 18.1. The van der Waals surface area contributed by atoms with Gasteiger partial charge in [0.05, 0.1) is 11.8 Å². The lowest BCUT2D eigenvalue weighted by Gasteiger charge is -2.19. The normalized spacial score (nSPS) is 21.3. The Morgan fingerprint density at radius 1 is 1.15 bits per heavy atom. The van der Waals surface area contributed by atoms with Crippen LogP contribution in [0.25, 0.3) is 11.0 Å². The van der Waals surface area contributed by atoms with E-state index in [0.717, 1.165) is 48.0 Å². The van der Waals surface area contributed by atoms with Crippen LogP contribution in [0.3, 0.4) is 0 Å². The van der Waals surface area contributed by atoms with Crippen molar-refractivity contribution in [1.29, 1.82) is 0 Å². The Bertz CT molecular complexity index is 894. The highest BCUT2D eigenvalue weighted by molar-refractivity contribution is 6.30. The molecule has 6 heteroatoms. The van der Waals surface area contributed by atoms with Gasteiger partial charge in [0, 0.05) is 34.9 Å². The highest BCUT2D eigenvalue weighted by Gasteiger charge is 2.32. The van der Waals surface area contributed by atoms with E-state index in [1.807, 2.05) is 24.3 Å². The van der Waals surface area contributed by atoms with Gasteiger partial charge in [0.25, 0.3) is 0 Å². The predicted molar refractivity (Wildman–Crippen MR) is 105 cm³/mol. The number of benzene rings is 1. The lowest BCUT2D eigenvalue weighted by Crippen LogP contribution is -2.11. The lowest BCUT2D eigenvalue weighted by molar-refractivity contribution is 0.109. The van der Waals surface area contributed by atoms with Crippen LogP contribution in [0.15, 0.2) is 42.9 Å². The SMILES string of the molecule is OC(c1ccc(Cl)cc1)C1CCC(n2ccc3c(CCCl)ncnc32)C1. The average Bonchev–Trinajstić information content (AvgIpc) is 3.29. The minimum atomic E-state index is -0.458. The second-order valence-corrected chi connectivity index (χ2v) is 7.76. The lowest BCUT2D eigenvalue weighted by atomic mass is 9.94. The maximum Gasteiger partial charge on any atom is 0.143 e. The molecule has 0 radical (unpaired) electrons. The van der Waals surface area contributed by atoms with Crippen LogP contribution in [0.2, 0.25) is 5.02 Å². The molecule has 1 aromatic carbocycles. The second-order valence-electron chi connectivity index (χ2n) is 6.94. The van der Waals surface area contributed by atoms with Gasteiger partial charge in [-0.2, -0.15) is 0 Å². The molecule has 1 saturated carbocycles. The number of hydrogen-bond acceptors (Lipinski definition) is 3. The maximum absolute atomic E-state index is 10.8. The van der Waals surface area contributed by atoms with Crippen LogP contribution in [0.4, 0.5) is 0 Å². The van der Waals surface area contributed by atoms with Gasteiger partial charge in [0.15, 0.2) is 0 Å². The van der Waals surface area contributed by atoms with Crippen molar-refractivity contribution >= 4 is 34.2 Å². The Labute approximate surface area is 162 Å². The average molecular weight is 390 g/mol. The molecular weight excluding hydrogens is 369 g/mol. The summed E-state index contributed by atoms with van der Waals surface area (Å²) in [6.45, 7) is 0. The van der Waals surface area contributed by atoms with Gasteiger partial charge in [0.1, 0.15) is 12.0 Å². The van der Waals surface area contributed by atoms with Gasteiger partial charge in [-0.05, 0) is 48.9 Å². The summed E-state index contributed by atoms with van der Waals surface area (Å²) in [5.41, 5.74) is 2.90. The quantitative estimate of drug-likeness (QED) is 0.628. The zero-order valence-corrected chi connectivity index (χ0v) is 15.9. The summed E-state index contributed by atoms with van der Waals surface area (Å²) >= 11 is 11.8. The molecule has 0 aliphatic heterocycles. The third-order valence-electron chi connectivity index (χ3n) is 5.42. The minimum Gasteiger partial charge on any atom is -0.388 e. The van der Waals surface area contributed by atoms with Crippen LogP contribution in [0.1, 0.15) is 42.7 Å². The molecule has 4 rings (SSSR count). The molecule has 3 unspecified atom stereocenters. The Morgan fingerprint density at radius 2 is 1.96 bits per heavy atom. The highest BCUT2D eigenvalue weighted by Crippen LogP contribution is 2.42. The number of nitrogens with zero attached hydrogens (tertiary/aromatic N) is 3. The third kappa shape index (κ3) is 3.34. The van der Waals surface area contributed by atoms with Gasteiger partial charge in [0.2, 0.25) is 0 Å². The van der Waals surface area contributed by atoms with Crippen molar-refractivity contribution in [1.82, 2.24) is 14.5 Å². The smallest absolute Gasteiger partial charge is 0.143 e. The third-order valence-corrected chi connectivity index (χ3v) is 5.86. The van der Waals surface area contributed by atoms with Crippen LogP contribution in [-0.4, -0.2) is 25.5 Å². The number of aliphatic hydroxyl groups excluding tert-OH is 1. The van der Waals surface area contributed by atoms with Gasteiger partial charge >= 0.3 is 0 Å². The first-order valence-electron chi connectivity index (χ1n) is 8.97. The maximum atomic E-state index is 10.8. The summed E-state index contributed by atoms with van der Waals surface area (Å²) in [6.07, 6.45) is 6.96. The van der Waals surface area contributed by atoms with Crippen molar-refractivity contribution in [3.05, 3.63) is 59.1 Å². The number of aliphatic hydroxyl groups is 1. The highest BCUT2D eigenvalue weighted by atomic mass is 35.5. The van der Waals surface area contributed by atoms with Crippen LogP contribution in [0.5, 0.6) is 0 Å². The number of alkyl halides is 1. The molecule has 1 aliphatic carbocycles. The van der Waals surface area contributed by atoms with Crippen LogP contribution < -0.4 is 0 Å². The standard InChI is InChI=1S/C20H21Cl2N3O/c21-9-7-18-17-8-10-25(20(17)24-12-23-18)16-6-3-14(11-16)19(26)13-1-4-15(22)5-2-13/h1-2,4-5,8,10,12,14,16,19,26H,3,6-7,9,11H2. The number of halogens is 2. The van der Waals surface area contributed by atoms with Gasteiger partial charge in [-0.15, -0.1) is 11.6 Å². The fourth-order valence-electron chi connectivity index (χ4n) is 4.07. The topological polar surface area (TPSA) is 50.9 Å². The predicted octanol–water partition coefficient (Wildman–Crippen LogP) is 4.94. The van der Waals surface area contributed by atoms with E-state index in [9.17, 15) is 5.11 Å². The fraction of sp³-hybridized carbons (Fsp3) is 0.400.